The molecule has 0 bridgehead atoms. The zero-order valence-corrected chi connectivity index (χ0v) is 13.7. The molecule has 122 valence electrons. The summed E-state index contributed by atoms with van der Waals surface area (Å²) in [6.07, 6.45) is 0.240. The number of hydrogen-bond donors (Lipinski definition) is 0. The van der Waals surface area contributed by atoms with Crippen molar-refractivity contribution >= 4 is 27.8 Å². The maximum atomic E-state index is 12.3. The minimum Gasteiger partial charge on any atom is -0.461 e. The Hall–Kier alpha value is -3.20. The second-order valence-corrected chi connectivity index (χ2v) is 5.99. The van der Waals surface area contributed by atoms with Gasteiger partial charge in [0.15, 0.2) is 0 Å². The second-order valence-electron chi connectivity index (χ2n) is 5.99. The zero-order chi connectivity index (χ0) is 17.1. The Balaban J connectivity index is 1.58. The Bertz CT molecular complexity index is 1040. The molecule has 0 N–H and O–H groups in total. The summed E-state index contributed by atoms with van der Waals surface area (Å²) in [6, 6.07) is 25.7. The highest BCUT2D eigenvalue weighted by molar-refractivity contribution is 5.95. The lowest BCUT2D eigenvalue weighted by Crippen LogP contribution is -2.08. The number of aromatic nitrogens is 1. The van der Waals surface area contributed by atoms with Crippen molar-refractivity contribution in [1.82, 2.24) is 4.98 Å². The summed E-state index contributed by atoms with van der Waals surface area (Å²) >= 11 is 0. The smallest absolute Gasteiger partial charge is 0.310 e. The first-order chi connectivity index (χ1) is 12.3. The van der Waals surface area contributed by atoms with Crippen LogP contribution in [0, 0.1) is 0 Å². The minimum atomic E-state index is -0.232. The van der Waals surface area contributed by atoms with E-state index in [4.69, 9.17) is 4.74 Å². The lowest BCUT2D eigenvalue weighted by molar-refractivity contribution is -0.144. The fourth-order valence-electron chi connectivity index (χ4n) is 2.96. The Morgan fingerprint density at radius 1 is 0.840 bits per heavy atom. The molecule has 0 fully saturated rings. The molecule has 0 spiro atoms. The average Bonchev–Trinajstić information content (AvgIpc) is 2.66. The number of nitrogens with zero attached hydrogens (tertiary/aromatic N) is 1. The fraction of sp³-hybridized carbons (Fsp3) is 0.0909. The monoisotopic (exact) mass is 327 g/mol. The number of carbonyl (C=O) groups is 1. The number of ether oxygens (including phenoxy) is 1. The first-order valence-corrected chi connectivity index (χ1v) is 8.26. The summed E-state index contributed by atoms with van der Waals surface area (Å²) in [5.41, 5.74) is 3.78. The number of benzene rings is 3. The van der Waals surface area contributed by atoms with Gasteiger partial charge in [0, 0.05) is 10.8 Å². The van der Waals surface area contributed by atoms with Gasteiger partial charge in [0.1, 0.15) is 6.61 Å². The molecule has 3 aromatic carbocycles. The summed E-state index contributed by atoms with van der Waals surface area (Å²) in [4.78, 5) is 16.9. The highest BCUT2D eigenvalue weighted by Crippen LogP contribution is 2.23. The molecule has 0 aliphatic heterocycles. The predicted molar refractivity (Wildman–Crippen MR) is 99.2 cm³/mol. The molecule has 0 unspecified atom stereocenters. The van der Waals surface area contributed by atoms with Gasteiger partial charge in [-0.25, -0.2) is 4.98 Å². The topological polar surface area (TPSA) is 39.2 Å². The first-order valence-electron chi connectivity index (χ1n) is 8.26. The maximum Gasteiger partial charge on any atom is 0.310 e. The summed E-state index contributed by atoms with van der Waals surface area (Å²) in [6.45, 7) is 0.297. The number of para-hydroxylation sites is 1. The third kappa shape index (κ3) is 3.36. The SMILES string of the molecule is O=C(Cc1cccc2nc3ccccc3cc12)OCc1ccccc1. The largest absolute Gasteiger partial charge is 0.461 e. The van der Waals surface area contributed by atoms with Gasteiger partial charge in [0.05, 0.1) is 17.5 Å². The van der Waals surface area contributed by atoms with Crippen LogP contribution in [0.25, 0.3) is 21.8 Å². The number of carbonyl (C=O) groups excluding carboxylic acids is 1. The molecule has 0 aliphatic rings. The van der Waals surface area contributed by atoms with Crippen LogP contribution >= 0.6 is 0 Å². The van der Waals surface area contributed by atoms with Gasteiger partial charge < -0.3 is 4.74 Å². The molecule has 0 aliphatic carbocycles. The van der Waals surface area contributed by atoms with Crippen LogP contribution in [0.1, 0.15) is 11.1 Å². The van der Waals surface area contributed by atoms with Crippen molar-refractivity contribution in [2.45, 2.75) is 13.0 Å². The van der Waals surface area contributed by atoms with Crippen LogP contribution < -0.4 is 0 Å². The van der Waals surface area contributed by atoms with Crippen LogP contribution in [0.2, 0.25) is 0 Å². The molecule has 0 atom stereocenters. The average molecular weight is 327 g/mol. The quantitative estimate of drug-likeness (QED) is 0.404. The Morgan fingerprint density at radius 2 is 1.60 bits per heavy atom. The number of esters is 1. The van der Waals surface area contributed by atoms with Gasteiger partial charge in [0.25, 0.3) is 0 Å². The summed E-state index contributed by atoms with van der Waals surface area (Å²) < 4.78 is 5.41. The molecular formula is C22H17NO2. The lowest BCUT2D eigenvalue weighted by Gasteiger charge is -2.08. The van der Waals surface area contributed by atoms with Gasteiger partial charge in [-0.3, -0.25) is 4.79 Å². The highest BCUT2D eigenvalue weighted by atomic mass is 16.5. The number of pyridine rings is 1. The summed E-state index contributed by atoms with van der Waals surface area (Å²) in [5.74, 6) is -0.232. The molecule has 4 aromatic rings. The van der Waals surface area contributed by atoms with Gasteiger partial charge >= 0.3 is 5.97 Å². The molecular weight excluding hydrogens is 310 g/mol. The van der Waals surface area contributed by atoms with Crippen molar-refractivity contribution in [3.05, 3.63) is 90.0 Å². The van der Waals surface area contributed by atoms with Crippen LogP contribution in [0.4, 0.5) is 0 Å². The van der Waals surface area contributed by atoms with Gasteiger partial charge in [0.2, 0.25) is 0 Å². The van der Waals surface area contributed by atoms with Crippen LogP contribution in [0.5, 0.6) is 0 Å². The van der Waals surface area contributed by atoms with E-state index in [0.29, 0.717) is 6.61 Å². The molecule has 3 nitrogen and oxygen atoms in total. The number of rotatable bonds is 4. The zero-order valence-electron chi connectivity index (χ0n) is 13.7. The van der Waals surface area contributed by atoms with Crippen molar-refractivity contribution < 1.29 is 9.53 Å². The fourth-order valence-corrected chi connectivity index (χ4v) is 2.96. The third-order valence-electron chi connectivity index (χ3n) is 4.23. The Kier molecular flexibility index (Phi) is 4.13. The standard InChI is InChI=1S/C22H17NO2/c24-22(25-15-16-7-2-1-3-8-16)14-17-10-6-12-21-19(17)13-18-9-4-5-11-20(18)23-21/h1-13H,14-15H2. The van der Waals surface area contributed by atoms with E-state index in [-0.39, 0.29) is 12.4 Å². The van der Waals surface area contributed by atoms with Crippen molar-refractivity contribution in [2.24, 2.45) is 0 Å². The molecule has 0 saturated carbocycles. The van der Waals surface area contributed by atoms with Gasteiger partial charge in [-0.15, -0.1) is 0 Å². The molecule has 1 aromatic heterocycles. The lowest BCUT2D eigenvalue weighted by atomic mass is 10.0. The summed E-state index contributed by atoms with van der Waals surface area (Å²) in [7, 11) is 0. The molecule has 1 heterocycles. The summed E-state index contributed by atoms with van der Waals surface area (Å²) in [5, 5.41) is 2.07. The van der Waals surface area contributed by atoms with Crippen LogP contribution in [0.3, 0.4) is 0 Å². The molecule has 25 heavy (non-hydrogen) atoms. The van der Waals surface area contributed by atoms with E-state index < -0.39 is 0 Å². The van der Waals surface area contributed by atoms with Crippen LogP contribution in [-0.4, -0.2) is 11.0 Å². The Morgan fingerprint density at radius 3 is 2.48 bits per heavy atom. The molecule has 4 rings (SSSR count). The van der Waals surface area contributed by atoms with E-state index in [1.54, 1.807) is 0 Å². The van der Waals surface area contributed by atoms with Crippen LogP contribution in [0.15, 0.2) is 78.9 Å². The maximum absolute atomic E-state index is 12.3. The number of fused-ring (bicyclic) bond motifs is 2. The van der Waals surface area contributed by atoms with E-state index in [1.807, 2.05) is 72.8 Å². The first kappa shape index (κ1) is 15.3. The van der Waals surface area contributed by atoms with Gasteiger partial charge in [-0.2, -0.15) is 0 Å². The Labute approximate surface area is 145 Å². The third-order valence-corrected chi connectivity index (χ3v) is 4.23. The highest BCUT2D eigenvalue weighted by Gasteiger charge is 2.10. The van der Waals surface area contributed by atoms with E-state index >= 15 is 0 Å². The van der Waals surface area contributed by atoms with E-state index in [1.165, 1.54) is 0 Å². The van der Waals surface area contributed by atoms with E-state index in [9.17, 15) is 4.79 Å². The van der Waals surface area contributed by atoms with Crippen molar-refractivity contribution in [2.75, 3.05) is 0 Å². The van der Waals surface area contributed by atoms with Crippen molar-refractivity contribution in [1.29, 1.82) is 0 Å². The van der Waals surface area contributed by atoms with Crippen molar-refractivity contribution in [3.8, 4) is 0 Å². The van der Waals surface area contributed by atoms with Gasteiger partial charge in [-0.1, -0.05) is 60.7 Å². The second kappa shape index (κ2) is 6.73. The van der Waals surface area contributed by atoms with E-state index in [0.717, 1.165) is 32.9 Å². The van der Waals surface area contributed by atoms with E-state index in [2.05, 4.69) is 11.1 Å². The molecule has 3 heteroatoms. The molecule has 0 saturated heterocycles. The van der Waals surface area contributed by atoms with Crippen LogP contribution in [-0.2, 0) is 22.6 Å². The predicted octanol–water partition coefficient (Wildman–Crippen LogP) is 4.67. The normalized spacial score (nSPS) is 10.9. The number of hydrogen-bond acceptors (Lipinski definition) is 3. The van der Waals surface area contributed by atoms with Gasteiger partial charge in [-0.05, 0) is 29.3 Å². The molecule has 0 radical (unpaired) electrons. The minimum absolute atomic E-state index is 0.232. The molecule has 0 amide bonds. The van der Waals surface area contributed by atoms with Crippen molar-refractivity contribution in [3.63, 3.8) is 0 Å².